The number of para-hydroxylation sites is 1. The Balaban J connectivity index is 1.61. The van der Waals surface area contributed by atoms with Crippen LogP contribution < -0.4 is 4.72 Å². The third kappa shape index (κ3) is 2.98. The number of hydrogen-bond donors (Lipinski definition) is 3. The molecule has 0 atom stereocenters. The first-order chi connectivity index (χ1) is 11.9. The van der Waals surface area contributed by atoms with E-state index in [1.54, 1.807) is 4.90 Å². The Labute approximate surface area is 144 Å². The van der Waals surface area contributed by atoms with Crippen molar-refractivity contribution in [3.8, 4) is 0 Å². The van der Waals surface area contributed by atoms with Crippen molar-refractivity contribution in [1.29, 1.82) is 0 Å². The zero-order valence-electron chi connectivity index (χ0n) is 13.5. The summed E-state index contributed by atoms with van der Waals surface area (Å²) in [5.74, 6) is 0.139. The van der Waals surface area contributed by atoms with Gasteiger partial charge in [-0.3, -0.25) is 14.6 Å². The molecule has 0 saturated carbocycles. The van der Waals surface area contributed by atoms with Gasteiger partial charge < -0.3 is 9.88 Å². The molecule has 1 amide bonds. The third-order valence-corrected chi connectivity index (χ3v) is 4.83. The maximum Gasteiger partial charge on any atom is 0.270 e. The first-order valence-electron chi connectivity index (χ1n) is 7.81. The number of aromatic nitrogens is 3. The highest BCUT2D eigenvalue weighted by Crippen LogP contribution is 2.26. The number of amides is 1. The van der Waals surface area contributed by atoms with Gasteiger partial charge in [0.25, 0.3) is 5.91 Å². The van der Waals surface area contributed by atoms with E-state index in [0.717, 1.165) is 22.9 Å². The summed E-state index contributed by atoms with van der Waals surface area (Å²) in [5, 5.41) is 7.85. The normalized spacial score (nSPS) is 14.5. The van der Waals surface area contributed by atoms with Gasteiger partial charge in [-0.1, -0.05) is 18.2 Å². The van der Waals surface area contributed by atoms with Crippen LogP contribution in [-0.2, 0) is 23.0 Å². The number of fused-ring (bicyclic) bond motifs is 2. The van der Waals surface area contributed by atoms with Gasteiger partial charge >= 0.3 is 0 Å². The van der Waals surface area contributed by atoms with E-state index in [4.69, 9.17) is 0 Å². The largest absolute Gasteiger partial charge is 0.351 e. The van der Waals surface area contributed by atoms with Crippen LogP contribution in [0.1, 0.15) is 21.7 Å². The van der Waals surface area contributed by atoms with Gasteiger partial charge in [0.2, 0.25) is 10.0 Å². The lowest BCUT2D eigenvalue weighted by Gasteiger charge is -2.26. The minimum absolute atomic E-state index is 0.117. The van der Waals surface area contributed by atoms with E-state index in [1.807, 2.05) is 30.3 Å². The van der Waals surface area contributed by atoms with Crippen LogP contribution in [-0.4, -0.2) is 47.2 Å². The highest BCUT2D eigenvalue weighted by molar-refractivity contribution is 7.92. The maximum absolute atomic E-state index is 12.8. The van der Waals surface area contributed by atoms with E-state index < -0.39 is 10.0 Å². The van der Waals surface area contributed by atoms with Crippen molar-refractivity contribution in [3.05, 3.63) is 47.3 Å². The first kappa shape index (κ1) is 15.7. The molecule has 0 spiro atoms. The van der Waals surface area contributed by atoms with Crippen LogP contribution in [0.25, 0.3) is 10.9 Å². The fourth-order valence-electron chi connectivity index (χ4n) is 3.09. The van der Waals surface area contributed by atoms with Crippen LogP contribution in [0.5, 0.6) is 0 Å². The summed E-state index contributed by atoms with van der Waals surface area (Å²) < 4.78 is 25.3. The molecule has 0 aliphatic carbocycles. The van der Waals surface area contributed by atoms with Gasteiger partial charge in [0.1, 0.15) is 5.69 Å². The molecule has 4 rings (SSSR count). The second-order valence-electron chi connectivity index (χ2n) is 6.15. The Bertz CT molecular complexity index is 1030. The quantitative estimate of drug-likeness (QED) is 0.657. The van der Waals surface area contributed by atoms with Crippen molar-refractivity contribution >= 4 is 32.7 Å². The summed E-state index contributed by atoms with van der Waals surface area (Å²) in [6.45, 7) is 0.847. The molecule has 0 unspecified atom stereocenters. The Morgan fingerprint density at radius 2 is 2.12 bits per heavy atom. The lowest BCUT2D eigenvalue weighted by Crippen LogP contribution is -2.36. The van der Waals surface area contributed by atoms with E-state index in [2.05, 4.69) is 19.9 Å². The van der Waals surface area contributed by atoms with Crippen LogP contribution in [0.4, 0.5) is 5.82 Å². The molecule has 0 saturated heterocycles. The molecule has 2 aromatic heterocycles. The van der Waals surface area contributed by atoms with Crippen molar-refractivity contribution in [2.45, 2.75) is 13.0 Å². The number of hydrogen-bond acceptors (Lipinski definition) is 4. The molecule has 130 valence electrons. The van der Waals surface area contributed by atoms with Crippen molar-refractivity contribution in [2.24, 2.45) is 0 Å². The summed E-state index contributed by atoms with van der Waals surface area (Å²) >= 11 is 0. The van der Waals surface area contributed by atoms with E-state index in [0.29, 0.717) is 30.8 Å². The molecular weight excluding hydrogens is 342 g/mol. The van der Waals surface area contributed by atoms with Crippen LogP contribution in [0.2, 0.25) is 0 Å². The molecule has 25 heavy (non-hydrogen) atoms. The maximum atomic E-state index is 12.8. The number of H-pyrrole nitrogens is 2. The summed E-state index contributed by atoms with van der Waals surface area (Å²) in [5.41, 5.74) is 2.99. The van der Waals surface area contributed by atoms with Crippen molar-refractivity contribution in [2.75, 3.05) is 17.5 Å². The van der Waals surface area contributed by atoms with Gasteiger partial charge in [0, 0.05) is 35.1 Å². The second kappa shape index (κ2) is 5.62. The van der Waals surface area contributed by atoms with Crippen LogP contribution in [0.15, 0.2) is 30.3 Å². The molecular formula is C16H17N5O3S. The fraction of sp³-hybridized carbons (Fsp3) is 0.250. The highest BCUT2D eigenvalue weighted by Gasteiger charge is 2.27. The number of aromatic amines is 2. The van der Waals surface area contributed by atoms with Gasteiger partial charge in [0.15, 0.2) is 5.82 Å². The summed E-state index contributed by atoms with van der Waals surface area (Å²) in [6.07, 6.45) is 1.67. The number of rotatable bonds is 3. The molecule has 1 aliphatic heterocycles. The predicted octanol–water partition coefficient (Wildman–Crippen LogP) is 1.46. The van der Waals surface area contributed by atoms with Gasteiger partial charge in [0.05, 0.1) is 12.8 Å². The number of anilines is 1. The fourth-order valence-corrected chi connectivity index (χ4v) is 3.61. The Hall–Kier alpha value is -2.81. The molecule has 9 heteroatoms. The molecule has 1 aliphatic rings. The summed E-state index contributed by atoms with van der Waals surface area (Å²) in [4.78, 5) is 17.7. The van der Waals surface area contributed by atoms with Gasteiger partial charge in [-0.15, -0.1) is 0 Å². The number of carbonyl (C=O) groups is 1. The Kier molecular flexibility index (Phi) is 3.53. The van der Waals surface area contributed by atoms with E-state index in [1.165, 1.54) is 0 Å². The SMILES string of the molecule is CS(=O)(=O)Nc1n[nH]c2c1CN(C(=O)c1cc3ccccc3[nH]1)CC2. The van der Waals surface area contributed by atoms with Crippen LogP contribution in [0, 0.1) is 0 Å². The third-order valence-electron chi connectivity index (χ3n) is 4.26. The molecule has 0 radical (unpaired) electrons. The van der Waals surface area contributed by atoms with Crippen molar-refractivity contribution in [1.82, 2.24) is 20.1 Å². The van der Waals surface area contributed by atoms with Crippen molar-refractivity contribution < 1.29 is 13.2 Å². The number of sulfonamides is 1. The van der Waals surface area contributed by atoms with Crippen LogP contribution >= 0.6 is 0 Å². The monoisotopic (exact) mass is 359 g/mol. The first-order valence-corrected chi connectivity index (χ1v) is 9.71. The lowest BCUT2D eigenvalue weighted by molar-refractivity contribution is 0.0730. The Morgan fingerprint density at radius 3 is 2.88 bits per heavy atom. The highest BCUT2D eigenvalue weighted by atomic mass is 32.2. The molecule has 8 nitrogen and oxygen atoms in total. The van der Waals surface area contributed by atoms with E-state index >= 15 is 0 Å². The van der Waals surface area contributed by atoms with Gasteiger partial charge in [-0.2, -0.15) is 5.10 Å². The van der Waals surface area contributed by atoms with Crippen LogP contribution in [0.3, 0.4) is 0 Å². The van der Waals surface area contributed by atoms with E-state index in [9.17, 15) is 13.2 Å². The minimum Gasteiger partial charge on any atom is -0.351 e. The standard InChI is InChI=1S/C16H17N5O3S/c1-25(23,24)20-15-11-9-21(7-6-13(11)18-19-15)16(22)14-8-10-4-2-3-5-12(10)17-14/h2-5,8,17H,6-7,9H2,1H3,(H2,18,19,20). The zero-order valence-corrected chi connectivity index (χ0v) is 14.4. The molecule has 0 fully saturated rings. The predicted molar refractivity (Wildman–Crippen MR) is 93.8 cm³/mol. The number of nitrogens with zero attached hydrogens (tertiary/aromatic N) is 2. The molecule has 3 heterocycles. The van der Waals surface area contributed by atoms with Gasteiger partial charge in [-0.05, 0) is 12.1 Å². The second-order valence-corrected chi connectivity index (χ2v) is 7.90. The van der Waals surface area contributed by atoms with Gasteiger partial charge in [-0.25, -0.2) is 8.42 Å². The topological polar surface area (TPSA) is 111 Å². The smallest absolute Gasteiger partial charge is 0.270 e. The molecule has 3 aromatic rings. The molecule has 0 bridgehead atoms. The summed E-state index contributed by atoms with van der Waals surface area (Å²) in [7, 11) is -3.43. The number of benzene rings is 1. The number of carbonyl (C=O) groups excluding carboxylic acids is 1. The molecule has 3 N–H and O–H groups in total. The van der Waals surface area contributed by atoms with E-state index in [-0.39, 0.29) is 11.7 Å². The zero-order chi connectivity index (χ0) is 17.6. The average molecular weight is 359 g/mol. The average Bonchev–Trinajstić information content (AvgIpc) is 3.16. The molecule has 1 aromatic carbocycles. The lowest BCUT2D eigenvalue weighted by atomic mass is 10.1. The number of nitrogens with one attached hydrogen (secondary N) is 3. The summed E-state index contributed by atoms with van der Waals surface area (Å²) in [6, 6.07) is 9.53. The Morgan fingerprint density at radius 1 is 1.32 bits per heavy atom. The minimum atomic E-state index is -3.43. The van der Waals surface area contributed by atoms with Crippen molar-refractivity contribution in [3.63, 3.8) is 0 Å².